The second-order valence-corrected chi connectivity index (χ2v) is 3.54. The summed E-state index contributed by atoms with van der Waals surface area (Å²) < 4.78 is 10.1. The van der Waals surface area contributed by atoms with Crippen molar-refractivity contribution < 1.29 is 9.47 Å². The predicted molar refractivity (Wildman–Crippen MR) is 69.4 cm³/mol. The summed E-state index contributed by atoms with van der Waals surface area (Å²) in [6.07, 6.45) is 0. The fraction of sp³-hybridized carbons (Fsp3) is 0.727. The molecule has 1 aromatic heterocycles. The van der Waals surface area contributed by atoms with Crippen LogP contribution >= 0.6 is 0 Å². The first-order chi connectivity index (χ1) is 8.74. The van der Waals surface area contributed by atoms with Gasteiger partial charge in [0.05, 0.1) is 14.2 Å². The Kier molecular flexibility index (Phi) is 6.13. The van der Waals surface area contributed by atoms with Crippen LogP contribution in [0.2, 0.25) is 0 Å². The van der Waals surface area contributed by atoms with Crippen molar-refractivity contribution in [3.8, 4) is 12.0 Å². The summed E-state index contributed by atoms with van der Waals surface area (Å²) in [4.78, 5) is 14.5. The molecule has 1 heterocycles. The molecule has 0 radical (unpaired) electrons. The Hall–Kier alpha value is -1.63. The third-order valence-corrected chi connectivity index (χ3v) is 2.42. The van der Waals surface area contributed by atoms with Gasteiger partial charge in [-0.05, 0) is 13.5 Å². The van der Waals surface area contributed by atoms with Crippen LogP contribution < -0.4 is 19.7 Å². The smallest absolute Gasteiger partial charge is 0.324 e. The van der Waals surface area contributed by atoms with Crippen LogP contribution in [0.25, 0.3) is 0 Å². The molecule has 0 bridgehead atoms. The molecule has 0 amide bonds. The third kappa shape index (κ3) is 3.99. The maximum Gasteiger partial charge on any atom is 0.324 e. The van der Waals surface area contributed by atoms with Crippen molar-refractivity contribution in [2.75, 3.05) is 45.3 Å². The minimum absolute atomic E-state index is 0.263. The molecule has 0 unspecified atom stereocenters. The highest BCUT2D eigenvalue weighted by molar-refractivity contribution is 5.31. The summed E-state index contributed by atoms with van der Waals surface area (Å²) in [6.45, 7) is 7.57. The molecule has 0 saturated carbocycles. The Morgan fingerprint density at radius 3 is 2.11 bits per heavy atom. The first-order valence-electron chi connectivity index (χ1n) is 6.04. The summed E-state index contributed by atoms with van der Waals surface area (Å²) >= 11 is 0. The van der Waals surface area contributed by atoms with Crippen molar-refractivity contribution in [2.45, 2.75) is 13.8 Å². The lowest BCUT2D eigenvalue weighted by Gasteiger charge is -2.21. The largest absolute Gasteiger partial charge is 0.467 e. The van der Waals surface area contributed by atoms with Crippen molar-refractivity contribution >= 4 is 5.95 Å². The van der Waals surface area contributed by atoms with Crippen molar-refractivity contribution in [3.05, 3.63) is 0 Å². The highest BCUT2D eigenvalue weighted by Gasteiger charge is 2.12. The number of methoxy groups -OCH3 is 2. The average molecular weight is 255 g/mol. The molecular weight excluding hydrogens is 234 g/mol. The van der Waals surface area contributed by atoms with Crippen molar-refractivity contribution in [1.82, 2.24) is 20.3 Å². The summed E-state index contributed by atoms with van der Waals surface area (Å²) in [6, 6.07) is 0.525. The predicted octanol–water partition coefficient (Wildman–Crippen LogP) is 0.325. The van der Waals surface area contributed by atoms with Gasteiger partial charge in [0, 0.05) is 19.6 Å². The summed E-state index contributed by atoms with van der Waals surface area (Å²) in [5.74, 6) is 0.569. The molecule has 1 aromatic rings. The molecule has 0 aliphatic rings. The molecule has 0 aliphatic heterocycles. The van der Waals surface area contributed by atoms with Crippen LogP contribution in [-0.4, -0.2) is 55.4 Å². The van der Waals surface area contributed by atoms with Crippen LogP contribution in [0.5, 0.6) is 12.0 Å². The van der Waals surface area contributed by atoms with E-state index < -0.39 is 0 Å². The summed E-state index contributed by atoms with van der Waals surface area (Å²) in [5.41, 5.74) is 0. The topological polar surface area (TPSA) is 72.4 Å². The van der Waals surface area contributed by atoms with Crippen LogP contribution in [0.1, 0.15) is 13.8 Å². The van der Waals surface area contributed by atoms with E-state index >= 15 is 0 Å². The SMILES string of the molecule is CCNCCN(CC)c1nc(OC)nc(OC)n1. The number of aromatic nitrogens is 3. The van der Waals surface area contributed by atoms with Gasteiger partial charge in [-0.3, -0.25) is 0 Å². The zero-order valence-electron chi connectivity index (χ0n) is 11.4. The molecule has 1 N–H and O–H groups in total. The fourth-order valence-corrected chi connectivity index (χ4v) is 1.44. The van der Waals surface area contributed by atoms with E-state index in [4.69, 9.17) is 9.47 Å². The minimum Gasteiger partial charge on any atom is -0.467 e. The molecule has 0 fully saturated rings. The molecular formula is C11H21N5O2. The van der Waals surface area contributed by atoms with Crippen LogP contribution in [0.3, 0.4) is 0 Å². The second-order valence-electron chi connectivity index (χ2n) is 3.54. The Morgan fingerprint density at radius 2 is 1.67 bits per heavy atom. The second kappa shape index (κ2) is 7.65. The zero-order chi connectivity index (χ0) is 13.4. The number of ether oxygens (including phenoxy) is 2. The zero-order valence-corrected chi connectivity index (χ0v) is 11.4. The maximum absolute atomic E-state index is 5.03. The number of rotatable bonds is 8. The van der Waals surface area contributed by atoms with E-state index in [0.29, 0.717) is 5.95 Å². The van der Waals surface area contributed by atoms with Gasteiger partial charge in [-0.15, -0.1) is 4.98 Å². The molecule has 1 rings (SSSR count). The first kappa shape index (κ1) is 14.4. The number of likely N-dealkylation sites (N-methyl/N-ethyl adjacent to an activating group) is 2. The molecule has 7 nitrogen and oxygen atoms in total. The highest BCUT2D eigenvalue weighted by Crippen LogP contribution is 2.15. The fourth-order valence-electron chi connectivity index (χ4n) is 1.44. The number of anilines is 1. The Bertz CT molecular complexity index is 339. The lowest BCUT2D eigenvalue weighted by molar-refractivity contribution is 0.340. The molecule has 7 heteroatoms. The quantitative estimate of drug-likeness (QED) is 0.671. The van der Waals surface area contributed by atoms with E-state index in [9.17, 15) is 0 Å². The van der Waals surface area contributed by atoms with Gasteiger partial charge in [0.2, 0.25) is 5.95 Å². The van der Waals surface area contributed by atoms with Gasteiger partial charge in [-0.1, -0.05) is 6.92 Å². The van der Waals surface area contributed by atoms with Crippen LogP contribution in [0.4, 0.5) is 5.95 Å². The van der Waals surface area contributed by atoms with E-state index in [-0.39, 0.29) is 12.0 Å². The van der Waals surface area contributed by atoms with Gasteiger partial charge in [-0.2, -0.15) is 9.97 Å². The summed E-state index contributed by atoms with van der Waals surface area (Å²) in [5, 5.41) is 3.26. The van der Waals surface area contributed by atoms with Gasteiger partial charge in [-0.25, -0.2) is 0 Å². The van der Waals surface area contributed by atoms with Gasteiger partial charge >= 0.3 is 12.0 Å². The van der Waals surface area contributed by atoms with Crippen molar-refractivity contribution in [3.63, 3.8) is 0 Å². The van der Waals surface area contributed by atoms with E-state index in [1.54, 1.807) is 0 Å². The van der Waals surface area contributed by atoms with E-state index in [0.717, 1.165) is 26.2 Å². The van der Waals surface area contributed by atoms with Gasteiger partial charge in [0.15, 0.2) is 0 Å². The molecule has 0 aromatic carbocycles. The van der Waals surface area contributed by atoms with Crippen molar-refractivity contribution in [1.29, 1.82) is 0 Å². The maximum atomic E-state index is 5.03. The Morgan fingerprint density at radius 1 is 1.06 bits per heavy atom. The monoisotopic (exact) mass is 255 g/mol. The molecule has 0 atom stereocenters. The number of hydrogen-bond donors (Lipinski definition) is 1. The minimum atomic E-state index is 0.263. The highest BCUT2D eigenvalue weighted by atomic mass is 16.5. The lowest BCUT2D eigenvalue weighted by atomic mass is 10.5. The van der Waals surface area contributed by atoms with E-state index in [2.05, 4.69) is 34.1 Å². The van der Waals surface area contributed by atoms with Gasteiger partial charge in [0.25, 0.3) is 0 Å². The van der Waals surface area contributed by atoms with Gasteiger partial charge < -0.3 is 19.7 Å². The summed E-state index contributed by atoms with van der Waals surface area (Å²) in [7, 11) is 3.04. The first-order valence-corrected chi connectivity index (χ1v) is 6.04. The van der Waals surface area contributed by atoms with E-state index in [1.807, 2.05) is 4.90 Å². The molecule has 102 valence electrons. The van der Waals surface area contributed by atoms with E-state index in [1.165, 1.54) is 14.2 Å². The number of hydrogen-bond acceptors (Lipinski definition) is 7. The third-order valence-electron chi connectivity index (χ3n) is 2.42. The van der Waals surface area contributed by atoms with Crippen LogP contribution in [-0.2, 0) is 0 Å². The number of nitrogens with zero attached hydrogens (tertiary/aromatic N) is 4. The molecule has 0 spiro atoms. The van der Waals surface area contributed by atoms with Crippen LogP contribution in [0, 0.1) is 0 Å². The van der Waals surface area contributed by atoms with Crippen molar-refractivity contribution in [2.24, 2.45) is 0 Å². The van der Waals surface area contributed by atoms with Crippen LogP contribution in [0.15, 0.2) is 0 Å². The molecule has 0 saturated heterocycles. The van der Waals surface area contributed by atoms with Gasteiger partial charge in [0.1, 0.15) is 0 Å². The molecule has 0 aliphatic carbocycles. The molecule has 18 heavy (non-hydrogen) atoms. The standard InChI is InChI=1S/C11H21N5O2/c1-5-12-7-8-16(6-2)9-13-10(17-3)15-11(14-9)18-4/h12H,5-8H2,1-4H3. The normalized spacial score (nSPS) is 10.2. The Labute approximate surface area is 108 Å². The lowest BCUT2D eigenvalue weighted by Crippen LogP contribution is -2.33. The average Bonchev–Trinajstić information content (AvgIpc) is 2.43. The Balaban J connectivity index is 2.83. The number of nitrogens with one attached hydrogen (secondary N) is 1.